The van der Waals surface area contributed by atoms with Crippen LogP contribution in [0.1, 0.15) is 23.1 Å². The second-order valence-electron chi connectivity index (χ2n) is 2.72. The van der Waals surface area contributed by atoms with Gasteiger partial charge in [-0.15, -0.1) is 0 Å². The van der Waals surface area contributed by atoms with Crippen LogP contribution < -0.4 is 0 Å². The van der Waals surface area contributed by atoms with E-state index < -0.39 is 0 Å². The average Bonchev–Trinajstić information content (AvgIpc) is 2.63. The Bertz CT molecular complexity index is 348. The molecule has 0 aliphatic carbocycles. The summed E-state index contributed by atoms with van der Waals surface area (Å²) in [7, 11) is 1.72. The highest BCUT2D eigenvalue weighted by molar-refractivity contribution is 5.92. The van der Waals surface area contributed by atoms with Crippen molar-refractivity contribution in [1.29, 1.82) is 5.26 Å². The van der Waals surface area contributed by atoms with Crippen LogP contribution in [-0.2, 0) is 0 Å². The maximum atomic E-state index is 11.5. The maximum absolute atomic E-state index is 11.5. The molecule has 0 saturated carbocycles. The van der Waals surface area contributed by atoms with Gasteiger partial charge >= 0.3 is 0 Å². The molecule has 0 spiro atoms. The van der Waals surface area contributed by atoms with E-state index in [1.54, 1.807) is 24.1 Å². The molecule has 0 saturated heterocycles. The Balaban J connectivity index is 2.84. The lowest BCUT2D eigenvalue weighted by Gasteiger charge is -2.12. The van der Waals surface area contributed by atoms with Crippen LogP contribution in [0.4, 0.5) is 0 Å². The van der Waals surface area contributed by atoms with Gasteiger partial charge in [-0.3, -0.25) is 4.79 Å². The van der Waals surface area contributed by atoms with Gasteiger partial charge in [0.25, 0.3) is 5.91 Å². The van der Waals surface area contributed by atoms with Gasteiger partial charge in [0.2, 0.25) is 0 Å². The first-order valence-electron chi connectivity index (χ1n) is 4.03. The molecule has 68 valence electrons. The van der Waals surface area contributed by atoms with Crippen molar-refractivity contribution < 1.29 is 4.79 Å². The molecule has 4 heteroatoms. The molecule has 0 aliphatic rings. The second kappa shape index (κ2) is 3.76. The van der Waals surface area contributed by atoms with Crippen LogP contribution in [0, 0.1) is 11.3 Å². The van der Waals surface area contributed by atoms with Crippen molar-refractivity contribution in [3.63, 3.8) is 0 Å². The summed E-state index contributed by atoms with van der Waals surface area (Å²) in [5.41, 5.74) is 0.869. The smallest absolute Gasteiger partial charge is 0.270 e. The van der Waals surface area contributed by atoms with Gasteiger partial charge in [0.15, 0.2) is 0 Å². The van der Waals surface area contributed by atoms with Gasteiger partial charge in [-0.25, -0.2) is 0 Å². The highest BCUT2D eigenvalue weighted by atomic mass is 16.2. The van der Waals surface area contributed by atoms with Gasteiger partial charge in [0.05, 0.1) is 0 Å². The van der Waals surface area contributed by atoms with Crippen LogP contribution in [0.3, 0.4) is 0 Å². The number of nitrogens with one attached hydrogen (secondary N) is 1. The zero-order chi connectivity index (χ0) is 9.84. The van der Waals surface area contributed by atoms with Crippen LogP contribution >= 0.6 is 0 Å². The molecule has 1 amide bonds. The number of nitriles is 1. The summed E-state index contributed by atoms with van der Waals surface area (Å²) >= 11 is 0. The van der Waals surface area contributed by atoms with Crippen molar-refractivity contribution in [2.75, 3.05) is 13.6 Å². The Kier molecular flexibility index (Phi) is 2.70. The largest absolute Gasteiger partial charge is 0.342 e. The Morgan fingerprint density at radius 2 is 2.38 bits per heavy atom. The fourth-order valence-corrected chi connectivity index (χ4v) is 0.934. The van der Waals surface area contributed by atoms with Crippen LogP contribution in [0.15, 0.2) is 12.1 Å². The molecule has 1 aromatic heterocycles. The standard InChI is InChI=1S/C9H11N3O/c1-3-12(2)9(13)8-5-4-7(6-10)11-8/h4-5,11H,3H2,1-2H3. The molecule has 0 bridgehead atoms. The van der Waals surface area contributed by atoms with E-state index in [1.807, 2.05) is 13.0 Å². The number of H-pyrrole nitrogens is 1. The van der Waals surface area contributed by atoms with E-state index in [1.165, 1.54) is 0 Å². The highest BCUT2D eigenvalue weighted by Gasteiger charge is 2.11. The van der Waals surface area contributed by atoms with Crippen LogP contribution in [0.5, 0.6) is 0 Å². The summed E-state index contributed by atoms with van der Waals surface area (Å²) in [6.07, 6.45) is 0. The minimum Gasteiger partial charge on any atom is -0.342 e. The molecule has 0 atom stereocenters. The summed E-state index contributed by atoms with van der Waals surface area (Å²) in [6.45, 7) is 2.55. The summed E-state index contributed by atoms with van der Waals surface area (Å²) in [6, 6.07) is 5.14. The SMILES string of the molecule is CCN(C)C(=O)c1ccc(C#N)[nH]1. The number of amides is 1. The van der Waals surface area contributed by atoms with Gasteiger partial charge in [0, 0.05) is 13.6 Å². The first-order chi connectivity index (χ1) is 6.19. The van der Waals surface area contributed by atoms with E-state index in [2.05, 4.69) is 4.98 Å². The molecule has 0 radical (unpaired) electrons. The molecule has 0 aliphatic heterocycles. The molecule has 0 unspecified atom stereocenters. The van der Waals surface area contributed by atoms with Crippen molar-refractivity contribution in [1.82, 2.24) is 9.88 Å². The summed E-state index contributed by atoms with van der Waals surface area (Å²) in [4.78, 5) is 15.8. The molecule has 0 aromatic carbocycles. The highest BCUT2D eigenvalue weighted by Crippen LogP contribution is 2.03. The van der Waals surface area contributed by atoms with E-state index in [4.69, 9.17) is 5.26 Å². The van der Waals surface area contributed by atoms with Crippen molar-refractivity contribution >= 4 is 5.91 Å². The normalized spacial score (nSPS) is 9.31. The Morgan fingerprint density at radius 1 is 1.69 bits per heavy atom. The Labute approximate surface area is 76.8 Å². The summed E-state index contributed by atoms with van der Waals surface area (Å²) in [5, 5.41) is 8.52. The van der Waals surface area contributed by atoms with Crippen molar-refractivity contribution in [2.24, 2.45) is 0 Å². The lowest BCUT2D eigenvalue weighted by molar-refractivity contribution is 0.0797. The second-order valence-corrected chi connectivity index (χ2v) is 2.72. The van der Waals surface area contributed by atoms with E-state index in [0.717, 1.165) is 0 Å². The van der Waals surface area contributed by atoms with Crippen LogP contribution in [-0.4, -0.2) is 29.4 Å². The van der Waals surface area contributed by atoms with Gasteiger partial charge < -0.3 is 9.88 Å². The minimum absolute atomic E-state index is 0.0935. The Morgan fingerprint density at radius 3 is 2.85 bits per heavy atom. The lowest BCUT2D eigenvalue weighted by atomic mass is 10.4. The molecular weight excluding hydrogens is 166 g/mol. The van der Waals surface area contributed by atoms with Crippen LogP contribution in [0.2, 0.25) is 0 Å². The maximum Gasteiger partial charge on any atom is 0.270 e. The first-order valence-corrected chi connectivity index (χ1v) is 4.03. The molecule has 1 heterocycles. The number of rotatable bonds is 2. The zero-order valence-corrected chi connectivity index (χ0v) is 7.66. The third-order valence-electron chi connectivity index (χ3n) is 1.86. The topological polar surface area (TPSA) is 59.9 Å². The number of aromatic amines is 1. The third-order valence-corrected chi connectivity index (χ3v) is 1.86. The third kappa shape index (κ3) is 1.88. The number of nitrogens with zero attached hydrogens (tertiary/aromatic N) is 2. The molecule has 1 aromatic rings. The monoisotopic (exact) mass is 177 g/mol. The van der Waals surface area contributed by atoms with Crippen molar-refractivity contribution in [2.45, 2.75) is 6.92 Å². The molecule has 4 nitrogen and oxygen atoms in total. The number of carbonyl (C=O) groups is 1. The minimum atomic E-state index is -0.0935. The zero-order valence-electron chi connectivity index (χ0n) is 7.66. The summed E-state index contributed by atoms with van der Waals surface area (Å²) in [5.74, 6) is -0.0935. The van der Waals surface area contributed by atoms with Gasteiger partial charge in [0.1, 0.15) is 17.5 Å². The van der Waals surface area contributed by atoms with Gasteiger partial charge in [-0.1, -0.05) is 0 Å². The average molecular weight is 177 g/mol. The molecular formula is C9H11N3O. The lowest BCUT2D eigenvalue weighted by Crippen LogP contribution is -2.26. The summed E-state index contributed by atoms with van der Waals surface area (Å²) < 4.78 is 0. The number of hydrogen-bond donors (Lipinski definition) is 1. The molecule has 0 fully saturated rings. The predicted molar refractivity (Wildman–Crippen MR) is 48.1 cm³/mol. The fraction of sp³-hybridized carbons (Fsp3) is 0.333. The van der Waals surface area contributed by atoms with E-state index in [0.29, 0.717) is 17.9 Å². The predicted octanol–water partition coefficient (Wildman–Crippen LogP) is 0.978. The van der Waals surface area contributed by atoms with Gasteiger partial charge in [-0.05, 0) is 19.1 Å². The van der Waals surface area contributed by atoms with Gasteiger partial charge in [-0.2, -0.15) is 5.26 Å². The fourth-order valence-electron chi connectivity index (χ4n) is 0.934. The van der Waals surface area contributed by atoms with E-state index in [9.17, 15) is 4.79 Å². The van der Waals surface area contributed by atoms with Crippen LogP contribution in [0.25, 0.3) is 0 Å². The molecule has 13 heavy (non-hydrogen) atoms. The number of carbonyl (C=O) groups excluding carboxylic acids is 1. The van der Waals surface area contributed by atoms with Crippen molar-refractivity contribution in [3.8, 4) is 6.07 Å². The first kappa shape index (κ1) is 9.33. The molecule has 1 rings (SSSR count). The van der Waals surface area contributed by atoms with E-state index >= 15 is 0 Å². The van der Waals surface area contributed by atoms with E-state index in [-0.39, 0.29) is 5.91 Å². The number of hydrogen-bond acceptors (Lipinski definition) is 2. The van der Waals surface area contributed by atoms with Crippen molar-refractivity contribution in [3.05, 3.63) is 23.5 Å². The Hall–Kier alpha value is -1.76. The molecule has 1 N–H and O–H groups in total. The quantitative estimate of drug-likeness (QED) is 0.731. The number of aromatic nitrogens is 1.